The van der Waals surface area contributed by atoms with Gasteiger partial charge in [0, 0.05) is 18.8 Å². The van der Waals surface area contributed by atoms with Gasteiger partial charge in [0.15, 0.2) is 0 Å². The first-order valence-corrected chi connectivity index (χ1v) is 6.28. The van der Waals surface area contributed by atoms with Crippen molar-refractivity contribution in [1.29, 1.82) is 5.26 Å². The molecule has 1 saturated carbocycles. The van der Waals surface area contributed by atoms with Crippen LogP contribution in [-0.2, 0) is 11.3 Å². The van der Waals surface area contributed by atoms with Crippen molar-refractivity contribution >= 4 is 5.91 Å². The molecule has 1 fully saturated rings. The molecule has 0 radical (unpaired) electrons. The maximum atomic E-state index is 11.7. The zero-order valence-corrected chi connectivity index (χ0v) is 10.9. The molecule has 0 saturated heterocycles. The fraction of sp³-hybridized carbons (Fsp3) is 0.615. The Kier molecular flexibility index (Phi) is 3.37. The van der Waals surface area contributed by atoms with Gasteiger partial charge in [0.25, 0.3) is 0 Å². The summed E-state index contributed by atoms with van der Waals surface area (Å²) in [5.41, 5.74) is 1.44. The number of rotatable bonds is 5. The van der Waals surface area contributed by atoms with Gasteiger partial charge in [-0.1, -0.05) is 0 Å². The van der Waals surface area contributed by atoms with Crippen LogP contribution >= 0.6 is 0 Å². The van der Waals surface area contributed by atoms with Crippen LogP contribution in [0.2, 0.25) is 0 Å². The third-order valence-corrected chi connectivity index (χ3v) is 3.33. The van der Waals surface area contributed by atoms with E-state index >= 15 is 0 Å². The zero-order valence-electron chi connectivity index (χ0n) is 10.9. The van der Waals surface area contributed by atoms with Gasteiger partial charge in [0.1, 0.15) is 5.41 Å². The topological polar surface area (TPSA) is 70.7 Å². The highest BCUT2D eigenvalue weighted by atomic mass is 16.2. The number of hydrogen-bond acceptors (Lipinski definition) is 3. The summed E-state index contributed by atoms with van der Waals surface area (Å²) in [5.74, 6) is -0.113. The molecule has 96 valence electrons. The molecule has 18 heavy (non-hydrogen) atoms. The Bertz CT molecular complexity index is 494. The molecule has 1 aromatic heterocycles. The van der Waals surface area contributed by atoms with Crippen LogP contribution in [0.3, 0.4) is 0 Å². The number of nitrogens with one attached hydrogen (secondary N) is 1. The Balaban J connectivity index is 1.72. The van der Waals surface area contributed by atoms with Crippen molar-refractivity contribution in [3.63, 3.8) is 0 Å². The van der Waals surface area contributed by atoms with Crippen LogP contribution in [0, 0.1) is 30.6 Å². The summed E-state index contributed by atoms with van der Waals surface area (Å²) in [6, 6.07) is 4.13. The molecule has 1 aliphatic carbocycles. The molecule has 1 aromatic rings. The lowest BCUT2D eigenvalue weighted by Crippen LogP contribution is -2.32. The minimum atomic E-state index is -0.710. The molecular weight excluding hydrogens is 228 g/mol. The lowest BCUT2D eigenvalue weighted by molar-refractivity contribution is -0.124. The lowest BCUT2D eigenvalue weighted by Gasteiger charge is -2.08. The smallest absolute Gasteiger partial charge is 0.240 e. The number of aryl methyl sites for hydroxylation is 3. The Morgan fingerprint density at radius 3 is 2.83 bits per heavy atom. The molecule has 1 N–H and O–H groups in total. The second kappa shape index (κ2) is 4.81. The first-order valence-electron chi connectivity index (χ1n) is 6.28. The van der Waals surface area contributed by atoms with Crippen molar-refractivity contribution < 1.29 is 4.79 Å². The number of carbonyl (C=O) groups excluding carboxylic acids is 1. The maximum absolute atomic E-state index is 11.7. The van der Waals surface area contributed by atoms with E-state index in [1.165, 1.54) is 0 Å². The summed E-state index contributed by atoms with van der Waals surface area (Å²) in [6.45, 7) is 5.38. The second-order valence-corrected chi connectivity index (χ2v) is 4.95. The molecule has 0 spiro atoms. The van der Waals surface area contributed by atoms with Gasteiger partial charge in [-0.2, -0.15) is 10.4 Å². The summed E-state index contributed by atoms with van der Waals surface area (Å²) in [7, 11) is 0. The molecule has 2 rings (SSSR count). The Morgan fingerprint density at radius 2 is 2.33 bits per heavy atom. The molecule has 0 unspecified atom stereocenters. The summed E-state index contributed by atoms with van der Waals surface area (Å²) in [6.07, 6.45) is 2.23. The largest absolute Gasteiger partial charge is 0.355 e. The van der Waals surface area contributed by atoms with Crippen molar-refractivity contribution in [3.8, 4) is 6.07 Å². The van der Waals surface area contributed by atoms with E-state index in [2.05, 4.69) is 16.5 Å². The molecule has 1 heterocycles. The van der Waals surface area contributed by atoms with Crippen molar-refractivity contribution in [2.75, 3.05) is 6.54 Å². The van der Waals surface area contributed by atoms with Crippen molar-refractivity contribution in [2.45, 2.75) is 39.7 Å². The maximum Gasteiger partial charge on any atom is 0.240 e. The third kappa shape index (κ3) is 2.53. The van der Waals surface area contributed by atoms with Gasteiger partial charge in [-0.25, -0.2) is 0 Å². The molecule has 0 aromatic carbocycles. The van der Waals surface area contributed by atoms with E-state index in [0.717, 1.165) is 24.4 Å². The summed E-state index contributed by atoms with van der Waals surface area (Å²) in [4.78, 5) is 11.7. The highest BCUT2D eigenvalue weighted by Gasteiger charge is 2.50. The van der Waals surface area contributed by atoms with E-state index in [0.29, 0.717) is 19.4 Å². The highest BCUT2D eigenvalue weighted by molar-refractivity contribution is 5.88. The van der Waals surface area contributed by atoms with E-state index in [1.807, 2.05) is 24.6 Å². The quantitative estimate of drug-likeness (QED) is 0.796. The van der Waals surface area contributed by atoms with Crippen LogP contribution in [0.5, 0.6) is 0 Å². The van der Waals surface area contributed by atoms with Crippen LogP contribution < -0.4 is 5.32 Å². The van der Waals surface area contributed by atoms with Gasteiger partial charge < -0.3 is 5.32 Å². The second-order valence-electron chi connectivity index (χ2n) is 4.95. The molecule has 0 atom stereocenters. The molecule has 5 heteroatoms. The third-order valence-electron chi connectivity index (χ3n) is 3.33. The fourth-order valence-corrected chi connectivity index (χ4v) is 2.02. The Labute approximate surface area is 107 Å². The number of amides is 1. The lowest BCUT2D eigenvalue weighted by atomic mass is 10.1. The van der Waals surface area contributed by atoms with Crippen LogP contribution in [0.4, 0.5) is 0 Å². The average Bonchev–Trinajstić information content (AvgIpc) is 3.07. The predicted octanol–water partition coefficient (Wildman–Crippen LogP) is 1.31. The molecule has 1 aliphatic rings. The van der Waals surface area contributed by atoms with Crippen LogP contribution in [0.1, 0.15) is 30.7 Å². The minimum Gasteiger partial charge on any atom is -0.355 e. The summed E-state index contributed by atoms with van der Waals surface area (Å²) < 4.78 is 1.94. The Morgan fingerprint density at radius 1 is 1.61 bits per heavy atom. The number of carbonyl (C=O) groups is 1. The van der Waals surface area contributed by atoms with Crippen LogP contribution in [0.25, 0.3) is 0 Å². The number of aromatic nitrogens is 2. The van der Waals surface area contributed by atoms with Gasteiger partial charge in [-0.05, 0) is 39.2 Å². The van der Waals surface area contributed by atoms with E-state index in [4.69, 9.17) is 5.26 Å². The molecule has 0 bridgehead atoms. The van der Waals surface area contributed by atoms with Crippen LogP contribution in [-0.4, -0.2) is 22.2 Å². The first-order chi connectivity index (χ1) is 8.57. The Hall–Kier alpha value is -1.83. The van der Waals surface area contributed by atoms with E-state index in [9.17, 15) is 4.79 Å². The first kappa shape index (κ1) is 12.6. The van der Waals surface area contributed by atoms with E-state index < -0.39 is 5.41 Å². The van der Waals surface area contributed by atoms with Crippen molar-refractivity contribution in [3.05, 3.63) is 17.5 Å². The molecule has 5 nitrogen and oxygen atoms in total. The number of nitriles is 1. The highest BCUT2D eigenvalue weighted by Crippen LogP contribution is 2.44. The van der Waals surface area contributed by atoms with Gasteiger partial charge in [-0.15, -0.1) is 0 Å². The predicted molar refractivity (Wildman–Crippen MR) is 66.6 cm³/mol. The van der Waals surface area contributed by atoms with E-state index in [1.54, 1.807) is 0 Å². The summed E-state index contributed by atoms with van der Waals surface area (Å²) in [5, 5.41) is 16.1. The average molecular weight is 246 g/mol. The van der Waals surface area contributed by atoms with Crippen molar-refractivity contribution in [2.24, 2.45) is 5.41 Å². The standard InChI is InChI=1S/C13H18N4O/c1-10-8-11(2)17(16-10)7-3-6-15-12(18)13(9-14)4-5-13/h8H,3-7H2,1-2H3,(H,15,18). The van der Waals surface area contributed by atoms with Gasteiger partial charge >= 0.3 is 0 Å². The van der Waals surface area contributed by atoms with E-state index in [-0.39, 0.29) is 5.91 Å². The number of hydrogen-bond donors (Lipinski definition) is 1. The molecule has 0 aliphatic heterocycles. The fourth-order valence-electron chi connectivity index (χ4n) is 2.02. The van der Waals surface area contributed by atoms with Gasteiger partial charge in [-0.3, -0.25) is 9.48 Å². The minimum absolute atomic E-state index is 0.113. The van der Waals surface area contributed by atoms with Crippen LogP contribution in [0.15, 0.2) is 6.07 Å². The molecular formula is C13H18N4O. The normalized spacial score (nSPS) is 16.1. The molecule has 1 amide bonds. The van der Waals surface area contributed by atoms with Crippen molar-refractivity contribution in [1.82, 2.24) is 15.1 Å². The van der Waals surface area contributed by atoms with Gasteiger partial charge in [0.05, 0.1) is 11.8 Å². The summed E-state index contributed by atoms with van der Waals surface area (Å²) >= 11 is 0. The SMILES string of the molecule is Cc1cc(C)n(CCCNC(=O)C2(C#N)CC2)n1. The number of nitrogens with zero attached hydrogens (tertiary/aromatic N) is 3. The monoisotopic (exact) mass is 246 g/mol. The van der Waals surface area contributed by atoms with Gasteiger partial charge in [0.2, 0.25) is 5.91 Å². The zero-order chi connectivity index (χ0) is 13.2.